The van der Waals surface area contributed by atoms with E-state index >= 15 is 0 Å². The molecule has 1 aliphatic heterocycles. The molecule has 2 N–H and O–H groups in total. The highest BCUT2D eigenvalue weighted by Gasteiger charge is 2.32. The van der Waals surface area contributed by atoms with Crippen LogP contribution in [-0.4, -0.2) is 25.2 Å². The van der Waals surface area contributed by atoms with Crippen molar-refractivity contribution in [3.05, 3.63) is 41.1 Å². The van der Waals surface area contributed by atoms with E-state index in [1.54, 1.807) is 6.92 Å². The average molecular weight is 360 g/mol. The first-order valence-corrected chi connectivity index (χ1v) is 9.25. The van der Waals surface area contributed by atoms with Gasteiger partial charge in [-0.25, -0.2) is 9.59 Å². The van der Waals surface area contributed by atoms with Crippen molar-refractivity contribution in [1.29, 1.82) is 0 Å². The van der Waals surface area contributed by atoms with Crippen molar-refractivity contribution in [2.24, 2.45) is 0 Å². The zero-order chi connectivity index (χ0) is 18.9. The van der Waals surface area contributed by atoms with Gasteiger partial charge in [0.25, 0.3) is 0 Å². The van der Waals surface area contributed by atoms with Crippen LogP contribution in [0.5, 0.6) is 5.75 Å². The summed E-state index contributed by atoms with van der Waals surface area (Å²) in [6.07, 6.45) is 3.85. The molecule has 2 amide bonds. The van der Waals surface area contributed by atoms with E-state index in [4.69, 9.17) is 9.47 Å². The summed E-state index contributed by atoms with van der Waals surface area (Å²) in [7, 11) is 0. The van der Waals surface area contributed by atoms with Crippen LogP contribution in [0.2, 0.25) is 0 Å². The molecule has 26 heavy (non-hydrogen) atoms. The minimum Gasteiger partial charge on any atom is -0.494 e. The molecule has 0 saturated heterocycles. The molecule has 1 aliphatic rings. The average Bonchev–Trinajstić information content (AvgIpc) is 2.63. The molecule has 1 atom stereocenters. The predicted molar refractivity (Wildman–Crippen MR) is 99.8 cm³/mol. The summed E-state index contributed by atoms with van der Waals surface area (Å²) in [5.74, 6) is 0.364. The quantitative estimate of drug-likeness (QED) is 0.518. The minimum absolute atomic E-state index is 0.332. The fourth-order valence-electron chi connectivity index (χ4n) is 2.79. The van der Waals surface area contributed by atoms with Gasteiger partial charge in [0.05, 0.1) is 24.8 Å². The topological polar surface area (TPSA) is 76.7 Å². The van der Waals surface area contributed by atoms with Crippen molar-refractivity contribution in [3.8, 4) is 5.75 Å². The van der Waals surface area contributed by atoms with Crippen molar-refractivity contribution < 1.29 is 19.1 Å². The lowest BCUT2D eigenvalue weighted by atomic mass is 9.95. The molecular weight excluding hydrogens is 332 g/mol. The molecule has 0 unspecified atom stereocenters. The maximum atomic E-state index is 12.6. The van der Waals surface area contributed by atoms with E-state index in [1.807, 2.05) is 31.2 Å². The third-order valence-electron chi connectivity index (χ3n) is 4.16. The highest BCUT2D eigenvalue weighted by Crippen LogP contribution is 2.29. The van der Waals surface area contributed by atoms with Gasteiger partial charge in [-0.2, -0.15) is 0 Å². The van der Waals surface area contributed by atoms with Crippen molar-refractivity contribution in [2.45, 2.75) is 52.5 Å². The first-order valence-electron chi connectivity index (χ1n) is 9.25. The Morgan fingerprint density at radius 3 is 2.46 bits per heavy atom. The van der Waals surface area contributed by atoms with Gasteiger partial charge in [-0.3, -0.25) is 0 Å². The monoisotopic (exact) mass is 360 g/mol. The number of urea groups is 1. The summed E-state index contributed by atoms with van der Waals surface area (Å²) >= 11 is 0. The third-order valence-corrected chi connectivity index (χ3v) is 4.16. The van der Waals surface area contributed by atoms with E-state index in [0.29, 0.717) is 24.5 Å². The Bertz CT molecular complexity index is 652. The summed E-state index contributed by atoms with van der Waals surface area (Å²) in [6.45, 7) is 6.89. The van der Waals surface area contributed by atoms with Crippen molar-refractivity contribution in [1.82, 2.24) is 10.6 Å². The number of esters is 1. The van der Waals surface area contributed by atoms with Crippen LogP contribution in [0, 0.1) is 0 Å². The third kappa shape index (κ3) is 5.25. The van der Waals surface area contributed by atoms with Gasteiger partial charge in [0.1, 0.15) is 5.75 Å². The van der Waals surface area contributed by atoms with Gasteiger partial charge < -0.3 is 20.1 Å². The van der Waals surface area contributed by atoms with Crippen LogP contribution in [-0.2, 0) is 9.53 Å². The number of hydrogen-bond donors (Lipinski definition) is 2. The van der Waals surface area contributed by atoms with Crippen LogP contribution in [0.25, 0.3) is 0 Å². The number of benzene rings is 1. The zero-order valence-corrected chi connectivity index (χ0v) is 15.8. The summed E-state index contributed by atoms with van der Waals surface area (Å²) < 4.78 is 11.0. The van der Waals surface area contributed by atoms with E-state index in [-0.39, 0.29) is 6.03 Å². The van der Waals surface area contributed by atoms with Gasteiger partial charge in [-0.15, -0.1) is 0 Å². The number of rotatable bonds is 9. The molecule has 6 nitrogen and oxygen atoms in total. The van der Waals surface area contributed by atoms with Crippen LogP contribution >= 0.6 is 0 Å². The van der Waals surface area contributed by atoms with E-state index < -0.39 is 12.0 Å². The smallest absolute Gasteiger partial charge is 0.338 e. The molecule has 0 aromatic heterocycles. The van der Waals surface area contributed by atoms with E-state index in [2.05, 4.69) is 17.6 Å². The van der Waals surface area contributed by atoms with Crippen LogP contribution in [0.3, 0.4) is 0 Å². The van der Waals surface area contributed by atoms with Gasteiger partial charge in [0.2, 0.25) is 0 Å². The Hall–Kier alpha value is -2.50. The van der Waals surface area contributed by atoms with Crippen LogP contribution in [0.4, 0.5) is 4.79 Å². The normalized spacial score (nSPS) is 16.7. The summed E-state index contributed by atoms with van der Waals surface area (Å²) in [5.41, 5.74) is 1.76. The van der Waals surface area contributed by atoms with Gasteiger partial charge in [-0.05, 0) is 37.5 Å². The van der Waals surface area contributed by atoms with E-state index in [1.165, 1.54) is 0 Å². The molecule has 0 spiro atoms. The Labute approximate surface area is 154 Å². The number of ether oxygens (including phenoxy) is 2. The van der Waals surface area contributed by atoms with Crippen LogP contribution in [0.1, 0.15) is 58.1 Å². The largest absolute Gasteiger partial charge is 0.494 e. The molecule has 1 aromatic carbocycles. The zero-order valence-electron chi connectivity index (χ0n) is 15.8. The van der Waals surface area contributed by atoms with Gasteiger partial charge >= 0.3 is 12.0 Å². The molecular formula is C20H28N2O4. The standard InChI is InChI=1S/C20H28N2O4/c1-4-6-7-13-26-19(23)17-14(3)21-20(24)22-18(17)15-8-10-16(11-9-15)25-12-5-2/h8-11,18H,4-7,12-13H2,1-3H3,(H2,21,22,24)/t18-/m1/s1. The summed E-state index contributed by atoms with van der Waals surface area (Å²) in [6, 6.07) is 6.54. The second kappa shape index (κ2) is 9.85. The van der Waals surface area contributed by atoms with Crippen LogP contribution < -0.4 is 15.4 Å². The Balaban J connectivity index is 2.16. The number of unbranched alkanes of at least 4 members (excludes halogenated alkanes) is 2. The molecule has 1 heterocycles. The molecule has 0 bridgehead atoms. The van der Waals surface area contributed by atoms with Crippen LogP contribution in [0.15, 0.2) is 35.5 Å². The molecule has 2 rings (SSSR count). The summed E-state index contributed by atoms with van der Waals surface area (Å²) in [5, 5.41) is 5.46. The first kappa shape index (κ1) is 19.8. The fraction of sp³-hybridized carbons (Fsp3) is 0.500. The van der Waals surface area contributed by atoms with Crippen molar-refractivity contribution in [3.63, 3.8) is 0 Å². The minimum atomic E-state index is -0.539. The lowest BCUT2D eigenvalue weighted by Gasteiger charge is -2.28. The number of carbonyl (C=O) groups excluding carboxylic acids is 2. The number of carbonyl (C=O) groups is 2. The first-order chi connectivity index (χ1) is 12.6. The number of amides is 2. The summed E-state index contributed by atoms with van der Waals surface area (Å²) in [4.78, 5) is 24.5. The predicted octanol–water partition coefficient (Wildman–Crippen LogP) is 3.84. The van der Waals surface area contributed by atoms with Gasteiger partial charge in [-0.1, -0.05) is 38.8 Å². The Morgan fingerprint density at radius 1 is 1.08 bits per heavy atom. The van der Waals surface area contributed by atoms with E-state index in [0.717, 1.165) is 37.0 Å². The molecule has 6 heteroatoms. The Kier molecular flexibility index (Phi) is 7.51. The molecule has 0 radical (unpaired) electrons. The lowest BCUT2D eigenvalue weighted by molar-refractivity contribution is -0.139. The second-order valence-corrected chi connectivity index (χ2v) is 6.33. The maximum absolute atomic E-state index is 12.6. The Morgan fingerprint density at radius 2 is 1.81 bits per heavy atom. The second-order valence-electron chi connectivity index (χ2n) is 6.33. The fourth-order valence-corrected chi connectivity index (χ4v) is 2.79. The van der Waals surface area contributed by atoms with Gasteiger partial charge in [0, 0.05) is 5.70 Å². The maximum Gasteiger partial charge on any atom is 0.338 e. The lowest BCUT2D eigenvalue weighted by Crippen LogP contribution is -2.45. The molecule has 142 valence electrons. The van der Waals surface area contributed by atoms with Crippen molar-refractivity contribution >= 4 is 12.0 Å². The molecule has 1 aromatic rings. The molecule has 0 fully saturated rings. The number of nitrogens with one attached hydrogen (secondary N) is 2. The molecule has 0 aliphatic carbocycles. The highest BCUT2D eigenvalue weighted by molar-refractivity contribution is 5.95. The van der Waals surface area contributed by atoms with E-state index in [9.17, 15) is 9.59 Å². The number of allylic oxidation sites excluding steroid dienone is 1. The van der Waals surface area contributed by atoms with Gasteiger partial charge in [0.15, 0.2) is 0 Å². The highest BCUT2D eigenvalue weighted by atomic mass is 16.5. The van der Waals surface area contributed by atoms with Crippen molar-refractivity contribution in [2.75, 3.05) is 13.2 Å². The number of hydrogen-bond acceptors (Lipinski definition) is 4. The molecule has 0 saturated carbocycles. The SMILES string of the molecule is CCCCCOC(=O)C1=C(C)NC(=O)N[C@@H]1c1ccc(OCCC)cc1.